The standard InChI is InChI=1S/C12H13BrF3NO/c1-12(2,6-13)17(3)11(18)7-4-8(14)10(16)9(15)5-7/h4-5H,6H2,1-3H3. The minimum Gasteiger partial charge on any atom is -0.336 e. The molecule has 0 heterocycles. The number of alkyl halides is 1. The predicted molar refractivity (Wildman–Crippen MR) is 66.3 cm³/mol. The molecule has 6 heteroatoms. The Bertz CT molecular complexity index is 453. The van der Waals surface area contributed by atoms with Gasteiger partial charge in [0.1, 0.15) is 0 Å². The minimum atomic E-state index is -1.58. The van der Waals surface area contributed by atoms with E-state index in [2.05, 4.69) is 15.9 Å². The second-order valence-electron chi connectivity index (χ2n) is 4.56. The minimum absolute atomic E-state index is 0.220. The van der Waals surface area contributed by atoms with E-state index in [1.807, 2.05) is 0 Å². The first-order chi connectivity index (χ1) is 8.20. The summed E-state index contributed by atoms with van der Waals surface area (Å²) in [6.45, 7) is 3.58. The van der Waals surface area contributed by atoms with E-state index in [-0.39, 0.29) is 5.56 Å². The van der Waals surface area contributed by atoms with Crippen molar-refractivity contribution in [2.45, 2.75) is 19.4 Å². The van der Waals surface area contributed by atoms with Crippen LogP contribution in [0.3, 0.4) is 0 Å². The van der Waals surface area contributed by atoms with E-state index < -0.39 is 28.9 Å². The number of halogens is 4. The van der Waals surface area contributed by atoms with E-state index in [0.29, 0.717) is 17.5 Å². The predicted octanol–water partition coefficient (Wildman–Crippen LogP) is 3.35. The van der Waals surface area contributed by atoms with Gasteiger partial charge in [-0.15, -0.1) is 0 Å². The molecule has 0 aliphatic carbocycles. The molecule has 0 spiro atoms. The summed E-state index contributed by atoms with van der Waals surface area (Å²) in [4.78, 5) is 13.4. The van der Waals surface area contributed by atoms with Crippen molar-refractivity contribution in [3.05, 3.63) is 35.1 Å². The molecule has 1 aromatic rings. The average molecular weight is 324 g/mol. The molecular weight excluding hydrogens is 311 g/mol. The zero-order chi connectivity index (χ0) is 14.1. The molecule has 0 atom stereocenters. The zero-order valence-corrected chi connectivity index (χ0v) is 11.8. The second-order valence-corrected chi connectivity index (χ2v) is 5.12. The Morgan fingerprint density at radius 2 is 1.72 bits per heavy atom. The second kappa shape index (κ2) is 5.30. The largest absolute Gasteiger partial charge is 0.336 e. The lowest BCUT2D eigenvalue weighted by Crippen LogP contribution is -2.46. The fourth-order valence-electron chi connectivity index (χ4n) is 1.24. The third kappa shape index (κ3) is 2.85. The number of rotatable bonds is 3. The number of carbonyl (C=O) groups excluding carboxylic acids is 1. The quantitative estimate of drug-likeness (QED) is 0.617. The van der Waals surface area contributed by atoms with Crippen molar-refractivity contribution in [3.63, 3.8) is 0 Å². The van der Waals surface area contributed by atoms with E-state index in [1.54, 1.807) is 13.8 Å². The first-order valence-electron chi connectivity index (χ1n) is 5.19. The number of hydrogen-bond donors (Lipinski definition) is 0. The fourth-order valence-corrected chi connectivity index (χ4v) is 1.61. The molecule has 0 saturated heterocycles. The molecule has 0 aliphatic rings. The smallest absolute Gasteiger partial charge is 0.254 e. The van der Waals surface area contributed by atoms with Gasteiger partial charge in [-0.1, -0.05) is 15.9 Å². The van der Waals surface area contributed by atoms with E-state index in [9.17, 15) is 18.0 Å². The lowest BCUT2D eigenvalue weighted by molar-refractivity contribution is 0.0662. The molecule has 1 aromatic carbocycles. The third-order valence-electron chi connectivity index (χ3n) is 2.77. The summed E-state index contributed by atoms with van der Waals surface area (Å²) in [7, 11) is 1.52. The summed E-state index contributed by atoms with van der Waals surface area (Å²) in [5, 5.41) is 0.494. The first kappa shape index (κ1) is 15.0. The summed E-state index contributed by atoms with van der Waals surface area (Å²) in [6.07, 6.45) is 0. The average Bonchev–Trinajstić information content (AvgIpc) is 2.33. The van der Waals surface area contributed by atoms with Crippen LogP contribution in [0.15, 0.2) is 12.1 Å². The molecular formula is C12H13BrF3NO. The highest BCUT2D eigenvalue weighted by atomic mass is 79.9. The van der Waals surface area contributed by atoms with Crippen molar-refractivity contribution in [1.29, 1.82) is 0 Å². The Morgan fingerprint density at radius 3 is 2.11 bits per heavy atom. The Labute approximate surface area is 112 Å². The van der Waals surface area contributed by atoms with Crippen LogP contribution in [0.2, 0.25) is 0 Å². The Kier molecular flexibility index (Phi) is 4.42. The summed E-state index contributed by atoms with van der Waals surface area (Å²) < 4.78 is 38.9. The van der Waals surface area contributed by atoms with Crippen LogP contribution in [0.25, 0.3) is 0 Å². The Hall–Kier alpha value is -1.04. The highest BCUT2D eigenvalue weighted by Gasteiger charge is 2.28. The number of hydrogen-bond acceptors (Lipinski definition) is 1. The molecule has 1 rings (SSSR count). The highest BCUT2D eigenvalue weighted by molar-refractivity contribution is 9.09. The number of carbonyl (C=O) groups is 1. The number of nitrogens with zero attached hydrogens (tertiary/aromatic N) is 1. The van der Waals surface area contributed by atoms with E-state index >= 15 is 0 Å². The Morgan fingerprint density at radius 1 is 1.28 bits per heavy atom. The van der Waals surface area contributed by atoms with Gasteiger partial charge in [-0.3, -0.25) is 4.79 Å². The van der Waals surface area contributed by atoms with Gasteiger partial charge >= 0.3 is 0 Å². The summed E-state index contributed by atoms with van der Waals surface area (Å²) in [5.41, 5.74) is -0.749. The van der Waals surface area contributed by atoms with Crippen molar-refractivity contribution in [3.8, 4) is 0 Å². The maximum Gasteiger partial charge on any atom is 0.254 e. The molecule has 0 fully saturated rings. The van der Waals surface area contributed by atoms with Crippen molar-refractivity contribution in [2.75, 3.05) is 12.4 Å². The van der Waals surface area contributed by atoms with Gasteiger partial charge in [-0.05, 0) is 26.0 Å². The molecule has 1 amide bonds. The van der Waals surface area contributed by atoms with Crippen LogP contribution >= 0.6 is 15.9 Å². The van der Waals surface area contributed by atoms with Gasteiger partial charge in [0, 0.05) is 23.5 Å². The molecule has 0 bridgehead atoms. The maximum absolute atomic E-state index is 13.0. The van der Waals surface area contributed by atoms with Crippen molar-refractivity contribution >= 4 is 21.8 Å². The van der Waals surface area contributed by atoms with E-state index in [1.165, 1.54) is 11.9 Å². The molecule has 0 N–H and O–H groups in total. The summed E-state index contributed by atoms with van der Waals surface area (Å²) >= 11 is 3.25. The van der Waals surface area contributed by atoms with Crippen molar-refractivity contribution in [1.82, 2.24) is 4.90 Å². The topological polar surface area (TPSA) is 20.3 Å². The van der Waals surface area contributed by atoms with Crippen LogP contribution < -0.4 is 0 Å². The van der Waals surface area contributed by atoms with Crippen molar-refractivity contribution < 1.29 is 18.0 Å². The van der Waals surface area contributed by atoms with Crippen LogP contribution in [0.5, 0.6) is 0 Å². The zero-order valence-electron chi connectivity index (χ0n) is 10.2. The lowest BCUT2D eigenvalue weighted by Gasteiger charge is -2.34. The van der Waals surface area contributed by atoms with E-state index in [4.69, 9.17) is 0 Å². The number of amides is 1. The van der Waals surface area contributed by atoms with E-state index in [0.717, 1.165) is 0 Å². The summed E-state index contributed by atoms with van der Waals surface area (Å²) in [5.74, 6) is -4.89. The molecule has 0 unspecified atom stereocenters. The molecule has 18 heavy (non-hydrogen) atoms. The van der Waals surface area contributed by atoms with Crippen LogP contribution in [0.1, 0.15) is 24.2 Å². The Balaban J connectivity index is 3.12. The van der Waals surface area contributed by atoms with Crippen LogP contribution in [-0.2, 0) is 0 Å². The molecule has 0 aliphatic heterocycles. The molecule has 2 nitrogen and oxygen atoms in total. The molecule has 0 aromatic heterocycles. The van der Waals surface area contributed by atoms with Crippen LogP contribution in [-0.4, -0.2) is 28.7 Å². The highest BCUT2D eigenvalue weighted by Crippen LogP contribution is 2.20. The van der Waals surface area contributed by atoms with Gasteiger partial charge in [0.05, 0.1) is 0 Å². The maximum atomic E-state index is 13.0. The lowest BCUT2D eigenvalue weighted by atomic mass is 10.0. The number of benzene rings is 1. The van der Waals surface area contributed by atoms with Gasteiger partial charge in [0.15, 0.2) is 17.5 Å². The first-order valence-corrected chi connectivity index (χ1v) is 6.31. The molecule has 100 valence electrons. The van der Waals surface area contributed by atoms with Crippen molar-refractivity contribution in [2.24, 2.45) is 0 Å². The molecule has 0 radical (unpaired) electrons. The van der Waals surface area contributed by atoms with Gasteiger partial charge in [-0.25, -0.2) is 13.2 Å². The fraction of sp³-hybridized carbons (Fsp3) is 0.417. The third-order valence-corrected chi connectivity index (χ3v) is 4.14. The van der Waals surface area contributed by atoms with Gasteiger partial charge < -0.3 is 4.90 Å². The van der Waals surface area contributed by atoms with Gasteiger partial charge in [-0.2, -0.15) is 0 Å². The summed E-state index contributed by atoms with van der Waals surface area (Å²) in [6, 6.07) is 1.39. The van der Waals surface area contributed by atoms with Gasteiger partial charge in [0.25, 0.3) is 5.91 Å². The van der Waals surface area contributed by atoms with Crippen LogP contribution in [0.4, 0.5) is 13.2 Å². The molecule has 0 saturated carbocycles. The normalized spacial score (nSPS) is 11.5. The van der Waals surface area contributed by atoms with Gasteiger partial charge in [0.2, 0.25) is 0 Å². The van der Waals surface area contributed by atoms with Crippen LogP contribution in [0, 0.1) is 17.5 Å². The SMILES string of the molecule is CN(C(=O)c1cc(F)c(F)c(F)c1)C(C)(C)CBr. The monoisotopic (exact) mass is 323 g/mol.